The zero-order chi connectivity index (χ0) is 23.4. The number of nitrogens with zero attached hydrogens (tertiary/aromatic N) is 2. The van der Waals surface area contributed by atoms with Gasteiger partial charge in [0.15, 0.2) is 11.5 Å². The van der Waals surface area contributed by atoms with Gasteiger partial charge in [-0.05, 0) is 53.6 Å². The fourth-order valence-electron chi connectivity index (χ4n) is 3.31. The van der Waals surface area contributed by atoms with Crippen LogP contribution in [0.5, 0.6) is 17.2 Å². The molecule has 166 valence electrons. The summed E-state index contributed by atoms with van der Waals surface area (Å²) in [6.45, 7) is 0.120. The number of methoxy groups -OCH3 is 2. The first-order valence-electron chi connectivity index (χ1n) is 9.91. The highest BCUT2D eigenvalue weighted by Gasteiger charge is 2.14. The third-order valence-electron chi connectivity index (χ3n) is 4.90. The molecule has 1 aromatic heterocycles. The molecule has 4 aromatic rings. The Bertz CT molecular complexity index is 1390. The first kappa shape index (κ1) is 22.2. The molecule has 1 heterocycles. The molecule has 3 aromatic carbocycles. The van der Waals surface area contributed by atoms with Gasteiger partial charge < -0.3 is 19.2 Å². The van der Waals surface area contributed by atoms with Gasteiger partial charge in [0.2, 0.25) is 0 Å². The summed E-state index contributed by atoms with van der Waals surface area (Å²) >= 11 is 6.45. The smallest absolute Gasteiger partial charge is 0.180 e. The fourth-order valence-corrected chi connectivity index (χ4v) is 3.58. The molecule has 4 rings (SSSR count). The van der Waals surface area contributed by atoms with E-state index >= 15 is 0 Å². The highest BCUT2D eigenvalue weighted by Crippen LogP contribution is 2.38. The van der Waals surface area contributed by atoms with E-state index in [0.29, 0.717) is 50.3 Å². The van der Waals surface area contributed by atoms with Crippen LogP contribution in [0.15, 0.2) is 54.6 Å². The van der Waals surface area contributed by atoms with Crippen LogP contribution in [0.4, 0.5) is 4.39 Å². The number of nitriles is 1. The van der Waals surface area contributed by atoms with Crippen molar-refractivity contribution in [3.8, 4) is 23.3 Å². The Kier molecular flexibility index (Phi) is 6.48. The van der Waals surface area contributed by atoms with E-state index in [4.69, 9.17) is 25.8 Å². The van der Waals surface area contributed by atoms with Gasteiger partial charge in [-0.3, -0.25) is 0 Å². The van der Waals surface area contributed by atoms with E-state index in [-0.39, 0.29) is 12.4 Å². The van der Waals surface area contributed by atoms with Crippen molar-refractivity contribution in [2.75, 3.05) is 14.2 Å². The molecule has 6 nitrogen and oxygen atoms in total. The van der Waals surface area contributed by atoms with Crippen molar-refractivity contribution in [3.63, 3.8) is 0 Å². The first-order valence-corrected chi connectivity index (χ1v) is 10.3. The monoisotopic (exact) mass is 463 g/mol. The Labute approximate surface area is 194 Å². The van der Waals surface area contributed by atoms with Crippen LogP contribution >= 0.6 is 11.6 Å². The van der Waals surface area contributed by atoms with Gasteiger partial charge in [-0.1, -0.05) is 23.7 Å². The number of fused-ring (bicyclic) bond motifs is 1. The lowest BCUT2D eigenvalue weighted by Gasteiger charge is -2.13. The number of rotatable bonds is 7. The van der Waals surface area contributed by atoms with Crippen molar-refractivity contribution in [1.29, 1.82) is 5.26 Å². The molecule has 0 aliphatic rings. The highest BCUT2D eigenvalue weighted by atomic mass is 35.5. The van der Waals surface area contributed by atoms with E-state index in [0.717, 1.165) is 5.52 Å². The highest BCUT2D eigenvalue weighted by molar-refractivity contribution is 6.32. The molecular weight excluding hydrogens is 445 g/mol. The average Bonchev–Trinajstić information content (AvgIpc) is 3.24. The summed E-state index contributed by atoms with van der Waals surface area (Å²) in [5.74, 6) is 1.47. The maximum absolute atomic E-state index is 13.4. The zero-order valence-electron chi connectivity index (χ0n) is 17.9. The summed E-state index contributed by atoms with van der Waals surface area (Å²) in [7, 11) is 3.08. The second kappa shape index (κ2) is 9.63. The van der Waals surface area contributed by atoms with Gasteiger partial charge in [0, 0.05) is 6.07 Å². The molecule has 0 atom stereocenters. The van der Waals surface area contributed by atoms with Crippen LogP contribution in [-0.4, -0.2) is 24.2 Å². The van der Waals surface area contributed by atoms with Gasteiger partial charge >= 0.3 is 0 Å². The number of aromatic nitrogens is 2. The van der Waals surface area contributed by atoms with Crippen LogP contribution in [0.1, 0.15) is 17.0 Å². The third-order valence-corrected chi connectivity index (χ3v) is 5.18. The molecule has 0 amide bonds. The molecule has 1 N–H and O–H groups in total. The maximum atomic E-state index is 13.4. The lowest BCUT2D eigenvalue weighted by Crippen LogP contribution is -1.99. The largest absolute Gasteiger partial charge is 0.497 e. The van der Waals surface area contributed by atoms with Crippen LogP contribution in [0, 0.1) is 17.1 Å². The summed E-state index contributed by atoms with van der Waals surface area (Å²) in [6.07, 6.45) is 1.65. The van der Waals surface area contributed by atoms with Crippen molar-refractivity contribution in [1.82, 2.24) is 9.97 Å². The standard InChI is InChI=1S/C25H19ClFN3O3/c1-31-19-6-7-21-22(12-19)30-25(29-21)17(13-28)8-16-10-20(26)24(23(11-16)32-2)33-14-15-4-3-5-18(27)9-15/h3-12H,14H2,1-2H3,(H,29,30)/b17-8-. The molecule has 8 heteroatoms. The maximum Gasteiger partial charge on any atom is 0.180 e. The van der Waals surface area contributed by atoms with Crippen molar-refractivity contribution < 1.29 is 18.6 Å². The Hall–Kier alpha value is -4.02. The second-order valence-corrected chi connectivity index (χ2v) is 7.50. The van der Waals surface area contributed by atoms with E-state index in [2.05, 4.69) is 16.0 Å². The van der Waals surface area contributed by atoms with Gasteiger partial charge in [0.1, 0.15) is 30.1 Å². The normalized spacial score (nSPS) is 11.3. The number of benzene rings is 3. The molecule has 0 bridgehead atoms. The van der Waals surface area contributed by atoms with Crippen LogP contribution < -0.4 is 14.2 Å². The van der Waals surface area contributed by atoms with E-state index < -0.39 is 0 Å². The molecule has 0 spiro atoms. The van der Waals surface area contributed by atoms with E-state index in [1.54, 1.807) is 43.5 Å². The number of ether oxygens (including phenoxy) is 3. The zero-order valence-corrected chi connectivity index (χ0v) is 18.6. The van der Waals surface area contributed by atoms with Gasteiger partial charge in [-0.2, -0.15) is 5.26 Å². The minimum absolute atomic E-state index is 0.120. The van der Waals surface area contributed by atoms with E-state index in [9.17, 15) is 9.65 Å². The second-order valence-electron chi connectivity index (χ2n) is 7.09. The van der Waals surface area contributed by atoms with Gasteiger partial charge in [-0.15, -0.1) is 0 Å². The van der Waals surface area contributed by atoms with Crippen molar-refractivity contribution in [2.24, 2.45) is 0 Å². The number of nitrogens with one attached hydrogen (secondary N) is 1. The molecule has 0 fully saturated rings. The number of hydrogen-bond donors (Lipinski definition) is 1. The molecular formula is C25H19ClFN3O3. The van der Waals surface area contributed by atoms with E-state index in [1.165, 1.54) is 19.2 Å². The quantitative estimate of drug-likeness (QED) is 0.339. The first-order chi connectivity index (χ1) is 16.0. The van der Waals surface area contributed by atoms with Crippen molar-refractivity contribution in [2.45, 2.75) is 6.61 Å². The van der Waals surface area contributed by atoms with Crippen LogP contribution in [-0.2, 0) is 6.61 Å². The molecule has 0 unspecified atom stereocenters. The van der Waals surface area contributed by atoms with Crippen molar-refractivity contribution in [3.05, 3.63) is 82.4 Å². The SMILES string of the molecule is COc1ccc2nc(/C(C#N)=C\c3cc(Cl)c(OCc4cccc(F)c4)c(OC)c3)[nH]c2c1. The molecule has 0 saturated carbocycles. The number of imidazole rings is 1. The molecule has 0 saturated heterocycles. The van der Waals surface area contributed by atoms with Gasteiger partial charge in [0.25, 0.3) is 0 Å². The summed E-state index contributed by atoms with van der Waals surface area (Å²) in [5.41, 5.74) is 3.07. The number of allylic oxidation sites excluding steroid dienone is 1. The number of aromatic amines is 1. The fraction of sp³-hybridized carbons (Fsp3) is 0.120. The van der Waals surface area contributed by atoms with Crippen LogP contribution in [0.25, 0.3) is 22.7 Å². The Morgan fingerprint density at radius 3 is 2.73 bits per heavy atom. The lowest BCUT2D eigenvalue weighted by molar-refractivity contribution is 0.284. The van der Waals surface area contributed by atoms with Crippen LogP contribution in [0.3, 0.4) is 0 Å². The molecule has 0 radical (unpaired) electrons. The third kappa shape index (κ3) is 4.92. The lowest BCUT2D eigenvalue weighted by atomic mass is 10.1. The summed E-state index contributed by atoms with van der Waals surface area (Å²) in [6, 6.07) is 17.1. The predicted octanol–water partition coefficient (Wildman–Crippen LogP) is 6.02. The summed E-state index contributed by atoms with van der Waals surface area (Å²) in [5, 5.41) is 10.0. The minimum atomic E-state index is -0.345. The molecule has 33 heavy (non-hydrogen) atoms. The minimum Gasteiger partial charge on any atom is -0.497 e. The number of halogens is 2. The Balaban J connectivity index is 1.64. The van der Waals surface area contributed by atoms with E-state index in [1.807, 2.05) is 12.1 Å². The van der Waals surface area contributed by atoms with Gasteiger partial charge in [0.05, 0.1) is 35.8 Å². The molecule has 0 aliphatic heterocycles. The summed E-state index contributed by atoms with van der Waals surface area (Å²) in [4.78, 5) is 7.62. The Morgan fingerprint density at radius 2 is 2.00 bits per heavy atom. The number of hydrogen-bond acceptors (Lipinski definition) is 5. The van der Waals surface area contributed by atoms with Gasteiger partial charge in [-0.25, -0.2) is 9.37 Å². The summed E-state index contributed by atoms with van der Waals surface area (Å²) < 4.78 is 29.9. The van der Waals surface area contributed by atoms with Crippen molar-refractivity contribution >= 4 is 34.3 Å². The number of H-pyrrole nitrogens is 1. The molecule has 0 aliphatic carbocycles. The Morgan fingerprint density at radius 1 is 1.15 bits per heavy atom. The average molecular weight is 464 g/mol. The van der Waals surface area contributed by atoms with Crippen LogP contribution in [0.2, 0.25) is 5.02 Å². The predicted molar refractivity (Wildman–Crippen MR) is 125 cm³/mol. The topological polar surface area (TPSA) is 80.2 Å².